The molecule has 1 N–H and O–H groups in total. The van der Waals surface area contributed by atoms with Gasteiger partial charge in [-0.1, -0.05) is 42.8 Å². The Morgan fingerprint density at radius 3 is 2.68 bits per heavy atom. The summed E-state index contributed by atoms with van der Waals surface area (Å²) in [7, 11) is 0. The van der Waals surface area contributed by atoms with E-state index in [1.807, 2.05) is 18.2 Å². The number of hydrogen-bond donors (Lipinski definition) is 1. The molecule has 1 aromatic heterocycles. The fourth-order valence-corrected chi connectivity index (χ4v) is 2.11. The van der Waals surface area contributed by atoms with E-state index in [0.717, 1.165) is 12.0 Å². The van der Waals surface area contributed by atoms with E-state index in [4.69, 9.17) is 11.6 Å². The summed E-state index contributed by atoms with van der Waals surface area (Å²) in [5.41, 5.74) is 2.82. The van der Waals surface area contributed by atoms with Gasteiger partial charge in [-0.2, -0.15) is 0 Å². The molecule has 0 fully saturated rings. The smallest absolute Gasteiger partial charge is 0.253 e. The maximum atomic E-state index is 12.0. The molecule has 98 valence electrons. The van der Waals surface area contributed by atoms with Gasteiger partial charge in [-0.3, -0.25) is 9.78 Å². The predicted molar refractivity (Wildman–Crippen MR) is 76.2 cm³/mol. The van der Waals surface area contributed by atoms with E-state index in [-0.39, 0.29) is 5.91 Å². The highest BCUT2D eigenvalue weighted by molar-refractivity contribution is 6.33. The summed E-state index contributed by atoms with van der Waals surface area (Å²) in [6, 6.07) is 9.68. The standard InChI is InChI=1S/C15H15ClN2O/c1-2-11-5-3-4-6-12(11)9-18-15(19)13-7-8-17-10-14(13)16/h3-8,10H,2,9H2,1H3,(H,18,19). The van der Waals surface area contributed by atoms with E-state index in [1.54, 1.807) is 12.3 Å². The predicted octanol–water partition coefficient (Wildman–Crippen LogP) is 3.23. The molecule has 0 aliphatic carbocycles. The lowest BCUT2D eigenvalue weighted by molar-refractivity contribution is 0.0951. The van der Waals surface area contributed by atoms with Gasteiger partial charge >= 0.3 is 0 Å². The highest BCUT2D eigenvalue weighted by atomic mass is 35.5. The number of pyridine rings is 1. The van der Waals surface area contributed by atoms with Gasteiger partial charge in [-0.05, 0) is 23.6 Å². The van der Waals surface area contributed by atoms with Gasteiger partial charge in [0.1, 0.15) is 0 Å². The number of amides is 1. The Hall–Kier alpha value is -1.87. The summed E-state index contributed by atoms with van der Waals surface area (Å²) in [5, 5.41) is 3.24. The maximum absolute atomic E-state index is 12.0. The van der Waals surface area contributed by atoms with Crippen molar-refractivity contribution < 1.29 is 4.79 Å². The number of rotatable bonds is 4. The first-order valence-electron chi connectivity index (χ1n) is 6.17. The van der Waals surface area contributed by atoms with Crippen LogP contribution in [0.2, 0.25) is 5.02 Å². The van der Waals surface area contributed by atoms with Crippen LogP contribution in [0, 0.1) is 0 Å². The van der Waals surface area contributed by atoms with Gasteiger partial charge in [0.05, 0.1) is 10.6 Å². The number of aryl methyl sites for hydroxylation is 1. The summed E-state index contributed by atoms with van der Waals surface area (Å²) in [6.07, 6.45) is 3.97. The third-order valence-electron chi connectivity index (χ3n) is 2.96. The third-order valence-corrected chi connectivity index (χ3v) is 3.26. The van der Waals surface area contributed by atoms with Gasteiger partial charge in [0.2, 0.25) is 0 Å². The van der Waals surface area contributed by atoms with Gasteiger partial charge in [0.25, 0.3) is 5.91 Å². The van der Waals surface area contributed by atoms with Crippen molar-refractivity contribution in [3.63, 3.8) is 0 Å². The second-order valence-corrected chi connectivity index (χ2v) is 4.57. The van der Waals surface area contributed by atoms with E-state index in [0.29, 0.717) is 17.1 Å². The third kappa shape index (κ3) is 3.32. The number of carbonyl (C=O) groups excluding carboxylic acids is 1. The summed E-state index contributed by atoms with van der Waals surface area (Å²) in [4.78, 5) is 15.9. The number of nitrogens with one attached hydrogen (secondary N) is 1. The first-order valence-corrected chi connectivity index (χ1v) is 6.54. The number of hydrogen-bond acceptors (Lipinski definition) is 2. The molecular weight excluding hydrogens is 260 g/mol. The summed E-state index contributed by atoms with van der Waals surface area (Å²) in [6.45, 7) is 2.60. The van der Waals surface area contributed by atoms with Crippen LogP contribution in [0.4, 0.5) is 0 Å². The molecule has 0 radical (unpaired) electrons. The molecule has 4 heteroatoms. The van der Waals surface area contributed by atoms with E-state index in [9.17, 15) is 4.79 Å². The first-order chi connectivity index (χ1) is 9.22. The average molecular weight is 275 g/mol. The van der Waals surface area contributed by atoms with Crippen molar-refractivity contribution in [2.75, 3.05) is 0 Å². The minimum atomic E-state index is -0.182. The lowest BCUT2D eigenvalue weighted by atomic mass is 10.1. The van der Waals surface area contributed by atoms with Crippen molar-refractivity contribution >= 4 is 17.5 Å². The fourth-order valence-electron chi connectivity index (χ4n) is 1.90. The van der Waals surface area contributed by atoms with Crippen LogP contribution >= 0.6 is 11.6 Å². The van der Waals surface area contributed by atoms with Crippen molar-refractivity contribution in [3.05, 3.63) is 64.4 Å². The Labute approximate surface area is 117 Å². The summed E-state index contributed by atoms with van der Waals surface area (Å²) < 4.78 is 0. The molecule has 1 amide bonds. The highest BCUT2D eigenvalue weighted by Crippen LogP contribution is 2.14. The number of halogens is 1. The molecule has 0 atom stereocenters. The molecule has 0 saturated heterocycles. The molecule has 0 aliphatic heterocycles. The normalized spacial score (nSPS) is 10.2. The van der Waals surface area contributed by atoms with Crippen LogP contribution in [0.25, 0.3) is 0 Å². The van der Waals surface area contributed by atoms with Crippen LogP contribution in [0.3, 0.4) is 0 Å². The van der Waals surface area contributed by atoms with Gasteiger partial charge in [0, 0.05) is 18.9 Å². The average Bonchev–Trinajstić information content (AvgIpc) is 2.45. The Kier molecular flexibility index (Phi) is 4.53. The van der Waals surface area contributed by atoms with Crippen LogP contribution in [-0.2, 0) is 13.0 Å². The zero-order valence-electron chi connectivity index (χ0n) is 10.7. The summed E-state index contributed by atoms with van der Waals surface area (Å²) in [5.74, 6) is -0.182. The molecule has 0 saturated carbocycles. The minimum Gasteiger partial charge on any atom is -0.348 e. The SMILES string of the molecule is CCc1ccccc1CNC(=O)c1ccncc1Cl. The zero-order valence-corrected chi connectivity index (χ0v) is 11.4. The van der Waals surface area contributed by atoms with Crippen molar-refractivity contribution in [1.29, 1.82) is 0 Å². The van der Waals surface area contributed by atoms with Gasteiger partial charge in [-0.25, -0.2) is 0 Å². The summed E-state index contributed by atoms with van der Waals surface area (Å²) >= 11 is 5.94. The van der Waals surface area contributed by atoms with Crippen molar-refractivity contribution in [2.45, 2.75) is 19.9 Å². The van der Waals surface area contributed by atoms with Crippen molar-refractivity contribution in [2.24, 2.45) is 0 Å². The number of carbonyl (C=O) groups is 1. The fraction of sp³-hybridized carbons (Fsp3) is 0.200. The topological polar surface area (TPSA) is 42.0 Å². The lowest BCUT2D eigenvalue weighted by Gasteiger charge is -2.09. The van der Waals surface area contributed by atoms with Crippen LogP contribution in [-0.4, -0.2) is 10.9 Å². The molecule has 0 bridgehead atoms. The lowest BCUT2D eigenvalue weighted by Crippen LogP contribution is -2.23. The monoisotopic (exact) mass is 274 g/mol. The van der Waals surface area contributed by atoms with E-state index < -0.39 is 0 Å². The molecule has 0 unspecified atom stereocenters. The molecule has 2 rings (SSSR count). The molecule has 2 aromatic rings. The highest BCUT2D eigenvalue weighted by Gasteiger charge is 2.10. The van der Waals surface area contributed by atoms with E-state index in [1.165, 1.54) is 11.8 Å². The van der Waals surface area contributed by atoms with Crippen molar-refractivity contribution in [1.82, 2.24) is 10.3 Å². The molecule has 1 aromatic carbocycles. The number of nitrogens with zero attached hydrogens (tertiary/aromatic N) is 1. The molecular formula is C15H15ClN2O. The number of aromatic nitrogens is 1. The van der Waals surface area contributed by atoms with Gasteiger partial charge in [-0.15, -0.1) is 0 Å². The minimum absolute atomic E-state index is 0.182. The number of benzene rings is 1. The quantitative estimate of drug-likeness (QED) is 0.930. The Morgan fingerprint density at radius 1 is 1.26 bits per heavy atom. The Balaban J connectivity index is 2.07. The molecule has 19 heavy (non-hydrogen) atoms. The molecule has 3 nitrogen and oxygen atoms in total. The Bertz CT molecular complexity index is 584. The Morgan fingerprint density at radius 2 is 2.00 bits per heavy atom. The second kappa shape index (κ2) is 6.34. The van der Waals surface area contributed by atoms with Gasteiger partial charge < -0.3 is 5.32 Å². The van der Waals surface area contributed by atoms with E-state index >= 15 is 0 Å². The second-order valence-electron chi connectivity index (χ2n) is 4.16. The first kappa shape index (κ1) is 13.6. The molecule has 0 spiro atoms. The maximum Gasteiger partial charge on any atom is 0.253 e. The van der Waals surface area contributed by atoms with Crippen LogP contribution < -0.4 is 5.32 Å². The zero-order chi connectivity index (χ0) is 13.7. The molecule has 0 aliphatic rings. The molecule has 1 heterocycles. The van der Waals surface area contributed by atoms with E-state index in [2.05, 4.69) is 23.3 Å². The van der Waals surface area contributed by atoms with Crippen LogP contribution in [0.15, 0.2) is 42.7 Å². The van der Waals surface area contributed by atoms with Crippen LogP contribution in [0.1, 0.15) is 28.4 Å². The van der Waals surface area contributed by atoms with Crippen LogP contribution in [0.5, 0.6) is 0 Å². The van der Waals surface area contributed by atoms with Crippen molar-refractivity contribution in [3.8, 4) is 0 Å². The van der Waals surface area contributed by atoms with Gasteiger partial charge in [0.15, 0.2) is 0 Å². The largest absolute Gasteiger partial charge is 0.348 e.